The molecule has 1 heterocycles. The van der Waals surface area contributed by atoms with Gasteiger partial charge in [0.15, 0.2) is 9.84 Å². The van der Waals surface area contributed by atoms with Crippen molar-refractivity contribution < 1.29 is 8.42 Å². The highest BCUT2D eigenvalue weighted by atomic mass is 32.2. The molecule has 0 aliphatic rings. The van der Waals surface area contributed by atoms with Crippen molar-refractivity contribution in [3.05, 3.63) is 17.3 Å². The highest BCUT2D eigenvalue weighted by Gasteiger charge is 2.11. The molecule has 0 unspecified atom stereocenters. The Morgan fingerprint density at radius 2 is 2.17 bits per heavy atom. The van der Waals surface area contributed by atoms with Gasteiger partial charge in [0.25, 0.3) is 0 Å². The molecule has 4 nitrogen and oxygen atoms in total. The summed E-state index contributed by atoms with van der Waals surface area (Å²) in [7, 11) is -3.13. The molecule has 68 valence electrons. The van der Waals surface area contributed by atoms with Crippen LogP contribution in [0.25, 0.3) is 0 Å². The summed E-state index contributed by atoms with van der Waals surface area (Å²) in [5.74, 6) is 0. The lowest BCUT2D eigenvalue weighted by Crippen LogP contribution is -2.00. The van der Waals surface area contributed by atoms with E-state index in [0.29, 0.717) is 6.54 Å². The third-order valence-corrected chi connectivity index (χ3v) is 2.72. The Hall–Kier alpha value is -0.810. The maximum atomic E-state index is 11.0. The van der Waals surface area contributed by atoms with Gasteiger partial charge >= 0.3 is 0 Å². The summed E-state index contributed by atoms with van der Waals surface area (Å²) in [6, 6.07) is 1.59. The number of aromatic nitrogens is 1. The highest BCUT2D eigenvalue weighted by molar-refractivity contribution is 7.90. The molecule has 0 fully saturated rings. The van der Waals surface area contributed by atoms with Gasteiger partial charge in [-0.2, -0.15) is 0 Å². The number of hydrogen-bond acceptors (Lipinski definition) is 3. The van der Waals surface area contributed by atoms with Crippen molar-refractivity contribution >= 4 is 9.84 Å². The molecule has 5 heteroatoms. The van der Waals surface area contributed by atoms with Crippen molar-refractivity contribution in [1.29, 1.82) is 0 Å². The van der Waals surface area contributed by atoms with Gasteiger partial charge in [0.1, 0.15) is 5.03 Å². The first kappa shape index (κ1) is 9.28. The third-order valence-electron chi connectivity index (χ3n) is 1.70. The van der Waals surface area contributed by atoms with Crippen LogP contribution >= 0.6 is 0 Å². The first-order chi connectivity index (χ1) is 5.45. The molecule has 0 atom stereocenters. The Bertz CT molecular complexity index is 378. The molecule has 0 aromatic carbocycles. The van der Waals surface area contributed by atoms with Crippen LogP contribution in [0.5, 0.6) is 0 Å². The molecule has 0 bridgehead atoms. The van der Waals surface area contributed by atoms with E-state index in [-0.39, 0.29) is 5.03 Å². The van der Waals surface area contributed by atoms with Crippen LogP contribution in [-0.2, 0) is 16.4 Å². The molecular weight excluding hydrogens is 176 g/mol. The fraction of sp³-hybridized carbons (Fsp3) is 0.429. The van der Waals surface area contributed by atoms with Crippen molar-refractivity contribution in [3.63, 3.8) is 0 Å². The summed E-state index contributed by atoms with van der Waals surface area (Å²) in [5.41, 5.74) is 7.04. The number of sulfone groups is 1. The second kappa shape index (κ2) is 2.91. The van der Waals surface area contributed by atoms with E-state index < -0.39 is 9.84 Å². The minimum atomic E-state index is -3.13. The average molecular weight is 188 g/mol. The Kier molecular flexibility index (Phi) is 2.25. The predicted molar refractivity (Wildman–Crippen MR) is 46.5 cm³/mol. The molecule has 0 amide bonds. The van der Waals surface area contributed by atoms with E-state index in [9.17, 15) is 8.42 Å². The van der Waals surface area contributed by atoms with E-state index in [0.717, 1.165) is 11.3 Å². The van der Waals surface area contributed by atoms with Crippen LogP contribution in [0.15, 0.2) is 11.1 Å². The van der Waals surface area contributed by atoms with E-state index >= 15 is 0 Å². The lowest BCUT2D eigenvalue weighted by atomic mass is 10.3. The molecule has 0 saturated heterocycles. The molecule has 0 spiro atoms. The number of H-pyrrole nitrogens is 1. The van der Waals surface area contributed by atoms with E-state index in [4.69, 9.17) is 5.73 Å². The zero-order chi connectivity index (χ0) is 9.35. The largest absolute Gasteiger partial charge is 0.348 e. The molecule has 0 aliphatic heterocycles. The van der Waals surface area contributed by atoms with Gasteiger partial charge in [-0.05, 0) is 18.6 Å². The van der Waals surface area contributed by atoms with E-state index in [1.54, 1.807) is 6.07 Å². The predicted octanol–water partition coefficient (Wildman–Crippen LogP) is 0.185. The molecule has 12 heavy (non-hydrogen) atoms. The summed E-state index contributed by atoms with van der Waals surface area (Å²) >= 11 is 0. The maximum absolute atomic E-state index is 11.0. The molecular formula is C7H12N2O2S. The zero-order valence-electron chi connectivity index (χ0n) is 7.09. The SMILES string of the molecule is Cc1cc(S(C)(=O)=O)[nH]c1CN. The van der Waals surface area contributed by atoms with Gasteiger partial charge in [-0.15, -0.1) is 0 Å². The van der Waals surface area contributed by atoms with Crippen LogP contribution in [0.3, 0.4) is 0 Å². The van der Waals surface area contributed by atoms with Crippen molar-refractivity contribution in [2.24, 2.45) is 5.73 Å². The van der Waals surface area contributed by atoms with Crippen molar-refractivity contribution in [2.75, 3.05) is 6.26 Å². The normalized spacial score (nSPS) is 11.9. The fourth-order valence-electron chi connectivity index (χ4n) is 0.979. The number of hydrogen-bond donors (Lipinski definition) is 2. The minimum Gasteiger partial charge on any atom is -0.348 e. The molecule has 0 saturated carbocycles. The van der Waals surface area contributed by atoms with Crippen LogP contribution < -0.4 is 5.73 Å². The summed E-state index contributed by atoms with van der Waals surface area (Å²) in [6.07, 6.45) is 1.17. The van der Waals surface area contributed by atoms with Gasteiger partial charge in [-0.1, -0.05) is 0 Å². The van der Waals surface area contributed by atoms with E-state index in [1.807, 2.05) is 6.92 Å². The molecule has 1 rings (SSSR count). The lowest BCUT2D eigenvalue weighted by Gasteiger charge is -1.92. The number of nitrogens with two attached hydrogens (primary N) is 1. The number of nitrogens with one attached hydrogen (secondary N) is 1. The average Bonchev–Trinajstić information content (AvgIpc) is 2.29. The summed E-state index contributed by atoms with van der Waals surface area (Å²) < 4.78 is 22.1. The number of rotatable bonds is 2. The molecule has 0 aliphatic carbocycles. The Morgan fingerprint density at radius 1 is 1.58 bits per heavy atom. The second-order valence-corrected chi connectivity index (χ2v) is 4.76. The Labute approximate surface area is 71.7 Å². The highest BCUT2D eigenvalue weighted by Crippen LogP contribution is 2.13. The summed E-state index contributed by atoms with van der Waals surface area (Å²) in [6.45, 7) is 2.16. The lowest BCUT2D eigenvalue weighted by molar-refractivity contribution is 0.598. The quantitative estimate of drug-likeness (QED) is 0.695. The second-order valence-electron chi connectivity index (χ2n) is 2.77. The van der Waals surface area contributed by atoms with Crippen LogP contribution in [0.2, 0.25) is 0 Å². The van der Waals surface area contributed by atoms with E-state index in [2.05, 4.69) is 4.98 Å². The van der Waals surface area contributed by atoms with Gasteiger partial charge in [-0.25, -0.2) is 8.42 Å². The minimum absolute atomic E-state index is 0.237. The third kappa shape index (κ3) is 1.67. The first-order valence-corrected chi connectivity index (χ1v) is 5.43. The molecule has 1 aromatic heterocycles. The number of aryl methyl sites for hydroxylation is 1. The van der Waals surface area contributed by atoms with Gasteiger partial charge < -0.3 is 10.7 Å². The first-order valence-electron chi connectivity index (χ1n) is 3.53. The maximum Gasteiger partial charge on any atom is 0.190 e. The topological polar surface area (TPSA) is 76.0 Å². The monoisotopic (exact) mass is 188 g/mol. The fourth-order valence-corrected chi connectivity index (χ4v) is 1.68. The van der Waals surface area contributed by atoms with Crippen LogP contribution in [0, 0.1) is 6.92 Å². The summed E-state index contributed by atoms with van der Waals surface area (Å²) in [4.78, 5) is 2.76. The summed E-state index contributed by atoms with van der Waals surface area (Å²) in [5, 5.41) is 0.237. The van der Waals surface area contributed by atoms with Gasteiger partial charge in [0, 0.05) is 18.5 Å². The molecule has 0 radical (unpaired) electrons. The zero-order valence-corrected chi connectivity index (χ0v) is 7.90. The standard InChI is InChI=1S/C7H12N2O2S/c1-5-3-7(12(2,10)11)9-6(5)4-8/h3,9H,4,8H2,1-2H3. The van der Waals surface area contributed by atoms with Crippen LogP contribution in [-0.4, -0.2) is 19.7 Å². The van der Waals surface area contributed by atoms with Crippen LogP contribution in [0.4, 0.5) is 0 Å². The van der Waals surface area contributed by atoms with Gasteiger partial charge in [0.05, 0.1) is 0 Å². The molecule has 3 N–H and O–H groups in total. The molecule has 1 aromatic rings. The number of aromatic amines is 1. The van der Waals surface area contributed by atoms with Crippen molar-refractivity contribution in [2.45, 2.75) is 18.5 Å². The van der Waals surface area contributed by atoms with Crippen LogP contribution in [0.1, 0.15) is 11.3 Å². The van der Waals surface area contributed by atoms with Crippen molar-refractivity contribution in [1.82, 2.24) is 4.98 Å². The van der Waals surface area contributed by atoms with Crippen molar-refractivity contribution in [3.8, 4) is 0 Å². The van der Waals surface area contributed by atoms with Gasteiger partial charge in [0.2, 0.25) is 0 Å². The smallest absolute Gasteiger partial charge is 0.190 e. The Balaban J connectivity index is 3.23. The van der Waals surface area contributed by atoms with Gasteiger partial charge in [-0.3, -0.25) is 0 Å². The Morgan fingerprint density at radius 3 is 2.42 bits per heavy atom. The van der Waals surface area contributed by atoms with E-state index in [1.165, 1.54) is 6.26 Å².